The number of sulfonamides is 1. The van der Waals surface area contributed by atoms with Crippen LogP contribution in [0.5, 0.6) is 11.5 Å². The monoisotopic (exact) mass is 450 g/mol. The molecule has 0 bridgehead atoms. The molecule has 0 unspecified atom stereocenters. The second kappa shape index (κ2) is 8.83. The molecule has 0 aliphatic heterocycles. The molecule has 0 aliphatic carbocycles. The second-order valence-electron chi connectivity index (χ2n) is 6.63. The minimum absolute atomic E-state index is 0.0214. The van der Waals surface area contributed by atoms with E-state index in [1.165, 1.54) is 17.8 Å². The van der Waals surface area contributed by atoms with Crippen LogP contribution in [0.3, 0.4) is 0 Å². The van der Waals surface area contributed by atoms with Crippen LogP contribution in [0.2, 0.25) is 0 Å². The standard InChI is InChI=1S/C24H19NO4S2/c1-2-29-21-14-8-9-15-23(21)31(27,28)25-20-16-22(30-17-10-4-3-5-11-17)24(26)19-13-7-6-12-18(19)20/h3-16,25H,1-2H2/p+1. The Morgan fingerprint density at radius 1 is 0.903 bits per heavy atom. The Kier molecular flexibility index (Phi) is 5.97. The summed E-state index contributed by atoms with van der Waals surface area (Å²) in [5, 5.41) is 12.0. The summed E-state index contributed by atoms with van der Waals surface area (Å²) < 4.78 is 34.5. The maximum Gasteiger partial charge on any atom is 0.265 e. The van der Waals surface area contributed by atoms with E-state index in [4.69, 9.17) is 4.74 Å². The molecule has 0 fully saturated rings. The molecule has 31 heavy (non-hydrogen) atoms. The Balaban J connectivity index is 1.81. The van der Waals surface area contributed by atoms with Crippen LogP contribution in [0.1, 0.15) is 0 Å². The van der Waals surface area contributed by atoms with Gasteiger partial charge in [0, 0.05) is 15.7 Å². The van der Waals surface area contributed by atoms with Gasteiger partial charge in [-0.3, -0.25) is 4.72 Å². The minimum atomic E-state index is -3.95. The summed E-state index contributed by atoms with van der Waals surface area (Å²) in [7, 11) is -3.95. The predicted molar refractivity (Wildman–Crippen MR) is 124 cm³/mol. The number of anilines is 1. The maximum atomic E-state index is 13.2. The molecule has 0 aliphatic rings. The van der Waals surface area contributed by atoms with E-state index in [0.717, 1.165) is 4.90 Å². The number of phenolic OH excluding ortho intramolecular Hbond substituents is 1. The molecule has 0 atom stereocenters. The minimum Gasteiger partial charge on any atom is -0.506 e. The van der Waals surface area contributed by atoms with Crippen molar-refractivity contribution in [3.63, 3.8) is 0 Å². The molecule has 0 saturated carbocycles. The topological polar surface area (TPSA) is 75.6 Å². The van der Waals surface area contributed by atoms with Crippen LogP contribution in [0.25, 0.3) is 10.8 Å². The Hall–Kier alpha value is -3.29. The van der Waals surface area contributed by atoms with Gasteiger partial charge in [0.2, 0.25) is 6.61 Å². The van der Waals surface area contributed by atoms with Gasteiger partial charge in [-0.05, 0) is 30.3 Å². The molecule has 4 aromatic carbocycles. The quantitative estimate of drug-likeness (QED) is 0.279. The van der Waals surface area contributed by atoms with Crippen molar-refractivity contribution in [2.24, 2.45) is 0 Å². The average Bonchev–Trinajstić information content (AvgIpc) is 2.78. The van der Waals surface area contributed by atoms with Gasteiger partial charge in [-0.1, -0.05) is 66.4 Å². The Bertz CT molecular complexity index is 1320. The number of phenols is 1. The molecule has 7 heteroatoms. The summed E-state index contributed by atoms with van der Waals surface area (Å²) in [6.07, 6.45) is 0. The highest BCUT2D eigenvalue weighted by molar-refractivity contribution is 7.99. The van der Waals surface area contributed by atoms with Gasteiger partial charge in [-0.25, -0.2) is 8.42 Å². The van der Waals surface area contributed by atoms with E-state index >= 15 is 0 Å². The Morgan fingerprint density at radius 2 is 1.55 bits per heavy atom. The van der Waals surface area contributed by atoms with Crippen LogP contribution in [0, 0.1) is 6.92 Å². The normalized spacial score (nSPS) is 11.4. The Labute approximate surface area is 185 Å². The average molecular weight is 451 g/mol. The molecule has 0 heterocycles. The van der Waals surface area contributed by atoms with Crippen LogP contribution in [0.15, 0.2) is 99.6 Å². The number of benzene rings is 4. The zero-order chi connectivity index (χ0) is 21.8. The van der Waals surface area contributed by atoms with Gasteiger partial charge < -0.3 is 9.84 Å². The highest BCUT2D eigenvalue weighted by Crippen LogP contribution is 2.43. The summed E-state index contributed by atoms with van der Waals surface area (Å²) >= 11 is 1.36. The summed E-state index contributed by atoms with van der Waals surface area (Å²) in [4.78, 5) is 1.49. The van der Waals surface area contributed by atoms with Crippen LogP contribution in [-0.2, 0) is 10.0 Å². The Morgan fingerprint density at radius 3 is 2.29 bits per heavy atom. The molecule has 4 aromatic rings. The third-order valence-electron chi connectivity index (χ3n) is 4.59. The predicted octanol–water partition coefficient (Wildman–Crippen LogP) is 5.71. The molecule has 156 valence electrons. The molecule has 0 spiro atoms. The summed E-state index contributed by atoms with van der Waals surface area (Å²) in [5.41, 5.74) is 0.372. The van der Waals surface area contributed by atoms with Gasteiger partial charge in [0.1, 0.15) is 23.3 Å². The van der Waals surface area contributed by atoms with Crippen molar-refractivity contribution >= 4 is 38.2 Å². The lowest BCUT2D eigenvalue weighted by atomic mass is 10.1. The van der Waals surface area contributed by atoms with Gasteiger partial charge in [0.25, 0.3) is 10.0 Å². The number of fused-ring (bicyclic) bond motifs is 1. The summed E-state index contributed by atoms with van der Waals surface area (Å²) in [5.74, 6) is 0.333. The van der Waals surface area contributed by atoms with Crippen molar-refractivity contribution in [2.75, 3.05) is 11.3 Å². The zero-order valence-electron chi connectivity index (χ0n) is 16.5. The first kappa shape index (κ1) is 21.0. The van der Waals surface area contributed by atoms with Gasteiger partial charge in [-0.2, -0.15) is 0 Å². The van der Waals surface area contributed by atoms with Crippen molar-refractivity contribution in [1.29, 1.82) is 0 Å². The summed E-state index contributed by atoms with van der Waals surface area (Å²) in [6.45, 7) is 3.73. The van der Waals surface area contributed by atoms with Gasteiger partial charge in [-0.15, -0.1) is 0 Å². The molecule has 0 saturated heterocycles. The number of hydrogen-bond acceptors (Lipinski definition) is 5. The lowest BCUT2D eigenvalue weighted by Crippen LogP contribution is -2.15. The fraction of sp³-hybridized carbons (Fsp3) is 0.0417. The number of hydrogen-bond donors (Lipinski definition) is 2. The van der Waals surface area contributed by atoms with Gasteiger partial charge >= 0.3 is 0 Å². The van der Waals surface area contributed by atoms with E-state index in [-0.39, 0.29) is 23.0 Å². The van der Waals surface area contributed by atoms with Crippen molar-refractivity contribution in [2.45, 2.75) is 14.7 Å². The molecular weight excluding hydrogens is 430 g/mol. The van der Waals surface area contributed by atoms with Crippen LogP contribution >= 0.6 is 11.8 Å². The second-order valence-corrected chi connectivity index (χ2v) is 9.40. The number of para-hydroxylation sites is 1. The largest absolute Gasteiger partial charge is 0.506 e. The van der Waals surface area contributed by atoms with E-state index in [2.05, 4.69) is 11.6 Å². The first-order valence-electron chi connectivity index (χ1n) is 9.51. The molecule has 0 amide bonds. The molecule has 0 aromatic heterocycles. The molecule has 4 rings (SSSR count). The highest BCUT2D eigenvalue weighted by Gasteiger charge is 2.22. The summed E-state index contributed by atoms with van der Waals surface area (Å²) in [6, 6.07) is 24.8. The van der Waals surface area contributed by atoms with E-state index < -0.39 is 10.0 Å². The van der Waals surface area contributed by atoms with Crippen molar-refractivity contribution in [3.05, 3.63) is 91.9 Å². The van der Waals surface area contributed by atoms with Gasteiger partial charge in [0.15, 0.2) is 0 Å². The van der Waals surface area contributed by atoms with E-state index in [0.29, 0.717) is 21.4 Å². The zero-order valence-corrected chi connectivity index (χ0v) is 18.1. The molecule has 2 N–H and O–H groups in total. The highest BCUT2D eigenvalue weighted by atomic mass is 32.2. The maximum absolute atomic E-state index is 13.2. The van der Waals surface area contributed by atoms with Crippen LogP contribution in [0.4, 0.5) is 5.69 Å². The fourth-order valence-electron chi connectivity index (χ4n) is 3.21. The van der Waals surface area contributed by atoms with E-state index in [1.54, 1.807) is 48.5 Å². The smallest absolute Gasteiger partial charge is 0.265 e. The number of nitrogens with one attached hydrogen (secondary N) is 1. The van der Waals surface area contributed by atoms with E-state index in [9.17, 15) is 13.5 Å². The number of aromatic hydroxyl groups is 1. The molecule has 5 nitrogen and oxygen atoms in total. The first-order valence-corrected chi connectivity index (χ1v) is 11.8. The van der Waals surface area contributed by atoms with E-state index in [1.807, 2.05) is 30.3 Å². The first-order chi connectivity index (χ1) is 15.0. The fourth-order valence-corrected chi connectivity index (χ4v) is 5.36. The molecule has 0 radical (unpaired) electrons. The number of ether oxygens (including phenoxy) is 1. The van der Waals surface area contributed by atoms with Gasteiger partial charge in [0.05, 0.1) is 10.6 Å². The number of rotatable bonds is 7. The van der Waals surface area contributed by atoms with Crippen molar-refractivity contribution < 1.29 is 18.3 Å². The lowest BCUT2D eigenvalue weighted by molar-refractivity contribution is 0.351. The SMILES string of the molecule is [CH2+]COc1ccccc1S(=O)(=O)Nc1cc(Sc2ccccc2)c(O)c2ccccc12. The third kappa shape index (κ3) is 4.42. The molecular formula is C24H20NO4S2+. The van der Waals surface area contributed by atoms with Crippen molar-refractivity contribution in [3.8, 4) is 11.5 Å². The lowest BCUT2D eigenvalue weighted by Gasteiger charge is -2.16. The third-order valence-corrected chi connectivity index (χ3v) is 7.04. The van der Waals surface area contributed by atoms with Crippen LogP contribution < -0.4 is 9.46 Å². The van der Waals surface area contributed by atoms with Crippen LogP contribution in [-0.4, -0.2) is 20.1 Å². The van der Waals surface area contributed by atoms with Crippen molar-refractivity contribution in [1.82, 2.24) is 0 Å².